The van der Waals surface area contributed by atoms with Crippen LogP contribution in [0.2, 0.25) is 0 Å². The number of benzene rings is 1. The largest absolute Gasteiger partial charge is 0.493 e. The van der Waals surface area contributed by atoms with E-state index in [-0.39, 0.29) is 23.1 Å². The van der Waals surface area contributed by atoms with Gasteiger partial charge in [-0.2, -0.15) is 8.78 Å². The summed E-state index contributed by atoms with van der Waals surface area (Å²) < 4.78 is 34.5. The van der Waals surface area contributed by atoms with Crippen molar-refractivity contribution >= 4 is 11.6 Å². The van der Waals surface area contributed by atoms with Gasteiger partial charge < -0.3 is 14.5 Å². The van der Waals surface area contributed by atoms with Crippen molar-refractivity contribution in [1.29, 1.82) is 0 Å². The molecule has 0 bridgehead atoms. The molecule has 0 spiro atoms. The second-order valence-electron chi connectivity index (χ2n) is 7.00. The van der Waals surface area contributed by atoms with E-state index in [0.717, 1.165) is 5.56 Å². The fourth-order valence-corrected chi connectivity index (χ4v) is 3.36. The monoisotopic (exact) mass is 408 g/mol. The number of ketones is 2. The number of aromatic nitrogens is 1. The normalized spacial score (nSPS) is 12.3. The molecule has 2 aromatic rings. The van der Waals surface area contributed by atoms with Gasteiger partial charge in [0.05, 0.1) is 18.8 Å². The lowest BCUT2D eigenvalue weighted by Gasteiger charge is -2.24. The van der Waals surface area contributed by atoms with Crippen LogP contribution in [0.4, 0.5) is 8.78 Å². The van der Waals surface area contributed by atoms with Gasteiger partial charge in [-0.25, -0.2) is 0 Å². The van der Waals surface area contributed by atoms with Crippen LogP contribution in [0.15, 0.2) is 18.2 Å². The third-order valence-electron chi connectivity index (χ3n) is 4.95. The number of hydrogen-bond acceptors (Lipinski definition) is 5. The number of hydrogen-bond donors (Lipinski definition) is 1. The zero-order valence-electron chi connectivity index (χ0n) is 17.4. The molecule has 1 aromatic heterocycles. The number of aryl methyl sites for hydroxylation is 1. The highest BCUT2D eigenvalue weighted by Gasteiger charge is 2.26. The second-order valence-corrected chi connectivity index (χ2v) is 7.00. The molecule has 0 amide bonds. The first-order valence-electron chi connectivity index (χ1n) is 9.13. The van der Waals surface area contributed by atoms with Crippen molar-refractivity contribution in [3.63, 3.8) is 0 Å². The summed E-state index contributed by atoms with van der Waals surface area (Å²) in [6.07, 6.45) is 0. The van der Waals surface area contributed by atoms with Gasteiger partial charge in [0, 0.05) is 17.8 Å². The van der Waals surface area contributed by atoms with E-state index >= 15 is 0 Å². The summed E-state index contributed by atoms with van der Waals surface area (Å²) in [5, 5.41) is 0. The van der Waals surface area contributed by atoms with Crippen LogP contribution in [0.1, 0.15) is 51.5 Å². The Morgan fingerprint density at radius 1 is 1.21 bits per heavy atom. The number of carbonyl (C=O) groups excluding carboxylic acids is 2. The highest BCUT2D eigenvalue weighted by atomic mass is 19.3. The summed E-state index contributed by atoms with van der Waals surface area (Å²) in [6.45, 7) is 4.22. The number of H-pyrrole nitrogens is 1. The molecule has 1 atom stereocenters. The maximum absolute atomic E-state index is 13.0. The highest BCUT2D eigenvalue weighted by molar-refractivity contribution is 6.05. The van der Waals surface area contributed by atoms with Gasteiger partial charge in [0.25, 0.3) is 0 Å². The molecule has 29 heavy (non-hydrogen) atoms. The summed E-state index contributed by atoms with van der Waals surface area (Å²) in [5.41, 5.74) is 3.06. The van der Waals surface area contributed by atoms with E-state index < -0.39 is 12.7 Å². The molecule has 1 heterocycles. The molecule has 8 heteroatoms. The van der Waals surface area contributed by atoms with Crippen LogP contribution in [0.3, 0.4) is 0 Å². The summed E-state index contributed by atoms with van der Waals surface area (Å²) in [7, 11) is 3.16. The first-order valence-corrected chi connectivity index (χ1v) is 9.13. The van der Waals surface area contributed by atoms with Crippen molar-refractivity contribution in [2.24, 2.45) is 0 Å². The summed E-state index contributed by atoms with van der Waals surface area (Å²) in [5.74, 6) is -0.0795. The molecule has 0 saturated heterocycles. The molecule has 0 fully saturated rings. The van der Waals surface area contributed by atoms with Crippen molar-refractivity contribution in [1.82, 2.24) is 9.88 Å². The lowest BCUT2D eigenvalue weighted by atomic mass is 10.0. The maximum Gasteiger partial charge on any atom is 0.387 e. The van der Waals surface area contributed by atoms with Crippen LogP contribution in [-0.2, 0) is 6.54 Å². The molecule has 1 unspecified atom stereocenters. The molecule has 6 nitrogen and oxygen atoms in total. The quantitative estimate of drug-likeness (QED) is 0.631. The number of carbonyl (C=O) groups is 2. The van der Waals surface area contributed by atoms with Crippen LogP contribution in [0.5, 0.6) is 11.5 Å². The van der Waals surface area contributed by atoms with Gasteiger partial charge in [0.2, 0.25) is 0 Å². The number of methoxy groups -OCH3 is 1. The predicted molar refractivity (Wildman–Crippen MR) is 105 cm³/mol. The minimum absolute atomic E-state index is 0.0488. The molecular weight excluding hydrogens is 382 g/mol. The third-order valence-corrected chi connectivity index (χ3v) is 4.95. The van der Waals surface area contributed by atoms with E-state index in [2.05, 4.69) is 9.72 Å². The lowest BCUT2D eigenvalue weighted by molar-refractivity contribution is -0.0512. The molecule has 1 aromatic carbocycles. The summed E-state index contributed by atoms with van der Waals surface area (Å²) in [4.78, 5) is 29.6. The lowest BCUT2D eigenvalue weighted by Crippen LogP contribution is -2.36. The van der Waals surface area contributed by atoms with E-state index in [9.17, 15) is 18.4 Å². The molecule has 0 aliphatic heterocycles. The Morgan fingerprint density at radius 2 is 1.86 bits per heavy atom. The molecule has 0 aliphatic carbocycles. The third kappa shape index (κ3) is 5.00. The van der Waals surface area contributed by atoms with Crippen molar-refractivity contribution in [2.45, 2.75) is 46.9 Å². The Kier molecular flexibility index (Phi) is 7.13. The first-order chi connectivity index (χ1) is 13.6. The van der Waals surface area contributed by atoms with Gasteiger partial charge in [-0.05, 0) is 58.0 Å². The number of rotatable bonds is 9. The molecule has 0 radical (unpaired) electrons. The van der Waals surface area contributed by atoms with Crippen LogP contribution in [-0.4, -0.2) is 48.3 Å². The Hall–Kier alpha value is -2.74. The van der Waals surface area contributed by atoms with Crippen LogP contribution >= 0.6 is 0 Å². The molecule has 2 rings (SSSR count). The van der Waals surface area contributed by atoms with Crippen LogP contribution in [0.25, 0.3) is 0 Å². The van der Waals surface area contributed by atoms with Crippen molar-refractivity contribution in [3.05, 3.63) is 46.3 Å². The van der Waals surface area contributed by atoms with E-state index in [4.69, 9.17) is 4.74 Å². The predicted octanol–water partition coefficient (Wildman–Crippen LogP) is 4.15. The molecule has 0 saturated carbocycles. The van der Waals surface area contributed by atoms with E-state index in [1.807, 2.05) is 4.90 Å². The van der Waals surface area contributed by atoms with Crippen molar-refractivity contribution in [2.75, 3.05) is 14.2 Å². The smallest absolute Gasteiger partial charge is 0.387 e. The van der Waals surface area contributed by atoms with Gasteiger partial charge in [0.15, 0.2) is 23.1 Å². The number of nitrogens with one attached hydrogen (secondary N) is 1. The summed E-state index contributed by atoms with van der Waals surface area (Å²) >= 11 is 0. The zero-order valence-corrected chi connectivity index (χ0v) is 17.4. The van der Waals surface area contributed by atoms with Gasteiger partial charge in [0.1, 0.15) is 0 Å². The Balaban J connectivity index is 2.18. The Labute approximate surface area is 168 Å². The fraction of sp³-hybridized carbons (Fsp3) is 0.429. The topological polar surface area (TPSA) is 71.6 Å². The van der Waals surface area contributed by atoms with Crippen LogP contribution < -0.4 is 9.47 Å². The molecular formula is C21H26F2N2O4. The number of ether oxygens (including phenoxy) is 2. The maximum atomic E-state index is 13.0. The number of halogens is 2. The number of Topliss-reactive ketones (excluding diaryl/α,β-unsaturated/α-hetero) is 2. The number of likely N-dealkylation sites (N-methyl/N-ethyl adjacent to an activating group) is 1. The Bertz CT molecular complexity index is 908. The zero-order chi connectivity index (χ0) is 21.9. The molecule has 1 N–H and O–H groups in total. The average molecular weight is 408 g/mol. The van der Waals surface area contributed by atoms with Gasteiger partial charge in [-0.15, -0.1) is 0 Å². The first kappa shape index (κ1) is 22.5. The number of alkyl halides is 2. The second kappa shape index (κ2) is 9.17. The fourth-order valence-electron chi connectivity index (χ4n) is 3.36. The van der Waals surface area contributed by atoms with E-state index in [0.29, 0.717) is 29.1 Å². The Morgan fingerprint density at radius 3 is 2.38 bits per heavy atom. The van der Waals surface area contributed by atoms with Gasteiger partial charge in [-0.3, -0.25) is 14.5 Å². The summed E-state index contributed by atoms with van der Waals surface area (Å²) in [6, 6.07) is 4.18. The average Bonchev–Trinajstić information content (AvgIpc) is 2.95. The van der Waals surface area contributed by atoms with Crippen molar-refractivity contribution < 1.29 is 27.8 Å². The van der Waals surface area contributed by atoms with E-state index in [1.54, 1.807) is 40.0 Å². The van der Waals surface area contributed by atoms with E-state index in [1.165, 1.54) is 20.1 Å². The highest BCUT2D eigenvalue weighted by Crippen LogP contribution is 2.30. The molecule has 0 aliphatic rings. The van der Waals surface area contributed by atoms with Crippen LogP contribution in [0, 0.1) is 13.8 Å². The minimum atomic E-state index is -2.94. The standard InChI is InChI=1S/C21H26F2N2O4/c1-11-18(14(4)26)12(2)24-19(11)20(27)13(3)25(5)10-15-7-8-16(29-21(22)23)17(9-15)28-6/h7-9,13,21,24H,10H2,1-6H3. The minimum Gasteiger partial charge on any atom is -0.493 e. The van der Waals surface area contributed by atoms with Gasteiger partial charge in [-0.1, -0.05) is 6.07 Å². The van der Waals surface area contributed by atoms with Gasteiger partial charge >= 0.3 is 6.61 Å². The number of aromatic amines is 1. The van der Waals surface area contributed by atoms with Crippen molar-refractivity contribution in [3.8, 4) is 11.5 Å². The molecule has 158 valence electrons. The SMILES string of the molecule is COc1cc(CN(C)C(C)C(=O)c2[nH]c(C)c(C(C)=O)c2C)ccc1OC(F)F. The number of nitrogens with zero attached hydrogens (tertiary/aromatic N) is 1.